The van der Waals surface area contributed by atoms with Crippen LogP contribution in [0.15, 0.2) is 4.99 Å². The largest absolute Gasteiger partial charge is 0.385 e. The first-order valence-corrected chi connectivity index (χ1v) is 9.76. The smallest absolute Gasteiger partial charge is 0.193 e. The maximum absolute atomic E-state index is 11.1. The van der Waals surface area contributed by atoms with E-state index in [0.29, 0.717) is 12.6 Å². The summed E-state index contributed by atoms with van der Waals surface area (Å²) in [7, 11) is 0.465. The fourth-order valence-corrected chi connectivity index (χ4v) is 2.84. The molecule has 7 nitrogen and oxygen atoms in total. The molecule has 1 aliphatic rings. The summed E-state index contributed by atoms with van der Waals surface area (Å²) in [5, 5.41) is 3.11. The quantitative estimate of drug-likeness (QED) is 0.386. The van der Waals surface area contributed by atoms with Crippen LogP contribution in [-0.4, -0.2) is 84.4 Å². The Morgan fingerprint density at radius 2 is 2.00 bits per heavy atom. The molecule has 0 aromatic rings. The lowest BCUT2D eigenvalue weighted by Crippen LogP contribution is -2.47. The number of piperidine rings is 1. The van der Waals surface area contributed by atoms with E-state index >= 15 is 0 Å². The number of nitrogens with one attached hydrogen (secondary N) is 1. The highest BCUT2D eigenvalue weighted by atomic mass is 32.2. The van der Waals surface area contributed by atoms with Crippen LogP contribution in [0, 0.1) is 0 Å². The first kappa shape index (κ1) is 19.2. The third-order valence-electron chi connectivity index (χ3n) is 3.56. The molecule has 0 radical (unpaired) electrons. The fourth-order valence-electron chi connectivity index (χ4n) is 2.37. The van der Waals surface area contributed by atoms with Gasteiger partial charge in [-0.3, -0.25) is 4.99 Å². The van der Waals surface area contributed by atoms with Crippen LogP contribution in [0.4, 0.5) is 0 Å². The molecular weight excluding hydrogens is 306 g/mol. The summed E-state index contributed by atoms with van der Waals surface area (Å²) in [6, 6.07) is 0. The lowest BCUT2D eigenvalue weighted by atomic mass is 10.1. The summed E-state index contributed by atoms with van der Waals surface area (Å²) in [6.45, 7) is 3.59. The third-order valence-corrected chi connectivity index (χ3v) is 4.50. The second kappa shape index (κ2) is 10.0. The van der Waals surface area contributed by atoms with Gasteiger partial charge in [0.2, 0.25) is 0 Å². The van der Waals surface area contributed by atoms with Crippen molar-refractivity contribution in [3.63, 3.8) is 0 Å². The molecule has 0 unspecified atom stereocenters. The molecule has 0 spiro atoms. The van der Waals surface area contributed by atoms with Crippen LogP contribution < -0.4 is 5.32 Å². The van der Waals surface area contributed by atoms with Crippen LogP contribution in [0.25, 0.3) is 0 Å². The predicted octanol–water partition coefficient (Wildman–Crippen LogP) is 0.124. The maximum atomic E-state index is 11.1. The van der Waals surface area contributed by atoms with E-state index < -0.39 is 9.84 Å². The normalized spacial score (nSPS) is 17.8. The number of nitrogens with zero attached hydrogens (tertiary/aromatic N) is 2. The molecule has 8 heteroatoms. The number of ether oxygens (including phenoxy) is 2. The molecule has 0 aromatic carbocycles. The van der Waals surface area contributed by atoms with Crippen molar-refractivity contribution >= 4 is 15.8 Å². The van der Waals surface area contributed by atoms with E-state index in [-0.39, 0.29) is 5.75 Å². The van der Waals surface area contributed by atoms with Crippen LogP contribution in [0.3, 0.4) is 0 Å². The fraction of sp³-hybridized carbons (Fsp3) is 0.929. The monoisotopic (exact) mass is 335 g/mol. The summed E-state index contributed by atoms with van der Waals surface area (Å²) in [5.41, 5.74) is 0. The summed E-state index contributed by atoms with van der Waals surface area (Å²) >= 11 is 0. The van der Waals surface area contributed by atoms with E-state index in [1.165, 1.54) is 6.26 Å². The highest BCUT2D eigenvalue weighted by Gasteiger charge is 2.21. The highest BCUT2D eigenvalue weighted by Crippen LogP contribution is 2.14. The van der Waals surface area contributed by atoms with Crippen LogP contribution in [0.1, 0.15) is 19.3 Å². The Kier molecular flexibility index (Phi) is 8.74. The Morgan fingerprint density at radius 3 is 2.55 bits per heavy atom. The average molecular weight is 335 g/mol. The van der Waals surface area contributed by atoms with E-state index in [1.54, 1.807) is 14.2 Å². The van der Waals surface area contributed by atoms with Gasteiger partial charge >= 0.3 is 0 Å². The molecule has 0 aliphatic carbocycles. The number of rotatable bonds is 8. The van der Waals surface area contributed by atoms with Gasteiger partial charge in [-0.05, 0) is 19.3 Å². The zero-order valence-corrected chi connectivity index (χ0v) is 14.7. The Labute approximate surface area is 134 Å². The minimum atomic E-state index is -2.95. The summed E-state index contributed by atoms with van der Waals surface area (Å²) in [4.78, 5) is 6.37. The molecule has 1 aliphatic heterocycles. The van der Waals surface area contributed by atoms with E-state index in [2.05, 4.69) is 15.2 Å². The van der Waals surface area contributed by atoms with Gasteiger partial charge in [-0.25, -0.2) is 8.42 Å². The zero-order chi connectivity index (χ0) is 16.4. The second-order valence-corrected chi connectivity index (χ2v) is 7.77. The molecule has 1 rings (SSSR count). The number of aliphatic imine (C=N–C) groups is 1. The van der Waals surface area contributed by atoms with Crippen LogP contribution in [0.5, 0.6) is 0 Å². The molecule has 0 bridgehead atoms. The minimum absolute atomic E-state index is 0.116. The van der Waals surface area contributed by atoms with Gasteiger partial charge in [-0.2, -0.15) is 0 Å². The Hall–Kier alpha value is -0.860. The van der Waals surface area contributed by atoms with Crippen molar-refractivity contribution in [2.75, 3.05) is 59.0 Å². The van der Waals surface area contributed by atoms with Gasteiger partial charge in [0, 0.05) is 53.3 Å². The van der Waals surface area contributed by atoms with Crippen molar-refractivity contribution in [2.24, 2.45) is 4.99 Å². The number of methoxy groups -OCH3 is 1. The Bertz CT molecular complexity index is 431. The van der Waals surface area contributed by atoms with Crippen molar-refractivity contribution in [2.45, 2.75) is 25.4 Å². The molecule has 130 valence electrons. The second-order valence-electron chi connectivity index (χ2n) is 5.51. The summed E-state index contributed by atoms with van der Waals surface area (Å²) < 4.78 is 33.1. The standard InChI is InChI=1S/C14H29N3O4S/c1-15-14(16-7-12-22(3,18)19)17-8-5-13(6-9-17)21-11-4-10-20-2/h13H,4-12H2,1-3H3,(H,15,16). The van der Waals surface area contributed by atoms with E-state index in [4.69, 9.17) is 9.47 Å². The molecule has 22 heavy (non-hydrogen) atoms. The van der Waals surface area contributed by atoms with Crippen molar-refractivity contribution in [1.82, 2.24) is 10.2 Å². The SMILES string of the molecule is CN=C(NCCS(C)(=O)=O)N1CCC(OCCCOC)CC1. The van der Waals surface area contributed by atoms with Crippen molar-refractivity contribution in [3.05, 3.63) is 0 Å². The predicted molar refractivity (Wildman–Crippen MR) is 88.1 cm³/mol. The van der Waals surface area contributed by atoms with Crippen molar-refractivity contribution in [1.29, 1.82) is 0 Å². The molecule has 1 heterocycles. The van der Waals surface area contributed by atoms with Crippen LogP contribution >= 0.6 is 0 Å². The van der Waals surface area contributed by atoms with E-state index in [1.807, 2.05) is 0 Å². The molecular formula is C14H29N3O4S. The van der Waals surface area contributed by atoms with Crippen LogP contribution in [0.2, 0.25) is 0 Å². The summed E-state index contributed by atoms with van der Waals surface area (Å²) in [6.07, 6.45) is 4.37. The number of hydrogen-bond donors (Lipinski definition) is 1. The lowest BCUT2D eigenvalue weighted by molar-refractivity contribution is 0.00993. The first-order valence-electron chi connectivity index (χ1n) is 7.70. The zero-order valence-electron chi connectivity index (χ0n) is 13.9. The first-order chi connectivity index (χ1) is 10.5. The topological polar surface area (TPSA) is 80.2 Å². The average Bonchev–Trinajstić information content (AvgIpc) is 2.48. The van der Waals surface area contributed by atoms with Gasteiger partial charge in [0.25, 0.3) is 0 Å². The number of sulfone groups is 1. The lowest BCUT2D eigenvalue weighted by Gasteiger charge is -2.34. The Balaban J connectivity index is 2.26. The molecule has 1 N–H and O–H groups in total. The molecule has 0 saturated carbocycles. The molecule has 1 fully saturated rings. The Morgan fingerprint density at radius 1 is 1.32 bits per heavy atom. The number of hydrogen-bond acceptors (Lipinski definition) is 5. The van der Waals surface area contributed by atoms with E-state index in [0.717, 1.165) is 51.5 Å². The van der Waals surface area contributed by atoms with Gasteiger partial charge in [-0.15, -0.1) is 0 Å². The number of guanidine groups is 1. The molecule has 0 atom stereocenters. The number of likely N-dealkylation sites (tertiary alicyclic amines) is 1. The van der Waals surface area contributed by atoms with Gasteiger partial charge in [-0.1, -0.05) is 0 Å². The van der Waals surface area contributed by atoms with E-state index in [9.17, 15) is 8.42 Å². The highest BCUT2D eigenvalue weighted by molar-refractivity contribution is 7.90. The minimum Gasteiger partial charge on any atom is -0.385 e. The van der Waals surface area contributed by atoms with Crippen molar-refractivity contribution in [3.8, 4) is 0 Å². The maximum Gasteiger partial charge on any atom is 0.193 e. The summed E-state index contributed by atoms with van der Waals surface area (Å²) in [5.74, 6) is 0.881. The molecule has 0 aromatic heterocycles. The molecule has 0 amide bonds. The van der Waals surface area contributed by atoms with Crippen molar-refractivity contribution < 1.29 is 17.9 Å². The van der Waals surface area contributed by atoms with Gasteiger partial charge in [0.1, 0.15) is 9.84 Å². The van der Waals surface area contributed by atoms with Crippen LogP contribution in [-0.2, 0) is 19.3 Å². The van der Waals surface area contributed by atoms with Gasteiger partial charge in [0.15, 0.2) is 5.96 Å². The van der Waals surface area contributed by atoms with Gasteiger partial charge in [0.05, 0.1) is 11.9 Å². The molecule has 1 saturated heterocycles. The third kappa shape index (κ3) is 7.95. The van der Waals surface area contributed by atoms with Gasteiger partial charge < -0.3 is 19.7 Å².